The van der Waals surface area contributed by atoms with Crippen molar-refractivity contribution in [3.8, 4) is 0 Å². The largest absolute Gasteiger partial charge is 0.380 e. The van der Waals surface area contributed by atoms with Crippen molar-refractivity contribution in [1.29, 1.82) is 0 Å². The van der Waals surface area contributed by atoms with Gasteiger partial charge in [-0.2, -0.15) is 10.2 Å². The van der Waals surface area contributed by atoms with Crippen LogP contribution in [0, 0.1) is 0 Å². The van der Waals surface area contributed by atoms with Gasteiger partial charge in [0, 0.05) is 26.3 Å². The van der Waals surface area contributed by atoms with Crippen LogP contribution in [0.5, 0.6) is 0 Å². The Bertz CT molecular complexity index is 854. The van der Waals surface area contributed by atoms with E-state index in [0.29, 0.717) is 5.69 Å². The van der Waals surface area contributed by atoms with Crippen LogP contribution in [0.1, 0.15) is 35.2 Å². The Kier molecular flexibility index (Phi) is 4.86. The number of aliphatic hydroxyl groups is 1. The number of aliphatic hydroxyl groups excluding tert-OH is 1. The molecule has 0 bridgehead atoms. The molecule has 0 spiro atoms. The van der Waals surface area contributed by atoms with Crippen LogP contribution >= 0.6 is 0 Å². The summed E-state index contributed by atoms with van der Waals surface area (Å²) in [6.07, 6.45) is 3.24. The Balaban J connectivity index is 1.37. The fourth-order valence-corrected chi connectivity index (χ4v) is 3.62. The van der Waals surface area contributed by atoms with E-state index >= 15 is 0 Å². The van der Waals surface area contributed by atoms with Crippen molar-refractivity contribution < 1.29 is 5.11 Å². The first-order valence-corrected chi connectivity index (χ1v) is 9.19. The number of aryl methyl sites for hydroxylation is 2. The molecule has 3 aromatic rings. The van der Waals surface area contributed by atoms with Gasteiger partial charge in [-0.1, -0.05) is 30.3 Å². The van der Waals surface area contributed by atoms with E-state index in [1.165, 1.54) is 11.3 Å². The summed E-state index contributed by atoms with van der Waals surface area (Å²) in [5.74, 6) is 0. The predicted molar refractivity (Wildman–Crippen MR) is 99.5 cm³/mol. The first-order chi connectivity index (χ1) is 12.7. The molecular weight excluding hydrogens is 326 g/mol. The fraction of sp³-hybridized carbons (Fsp3) is 0.400. The van der Waals surface area contributed by atoms with Crippen LogP contribution in [0.25, 0.3) is 0 Å². The van der Waals surface area contributed by atoms with Crippen LogP contribution in [0.3, 0.4) is 0 Å². The summed E-state index contributed by atoms with van der Waals surface area (Å²) in [5.41, 5.74) is 4.04. The quantitative estimate of drug-likeness (QED) is 0.739. The first kappa shape index (κ1) is 17.0. The van der Waals surface area contributed by atoms with Gasteiger partial charge in [0.2, 0.25) is 0 Å². The zero-order valence-electron chi connectivity index (χ0n) is 15.1. The van der Waals surface area contributed by atoms with Crippen LogP contribution in [0.15, 0.2) is 48.7 Å². The number of rotatable bonds is 6. The van der Waals surface area contributed by atoms with E-state index in [2.05, 4.69) is 45.4 Å². The van der Waals surface area contributed by atoms with Gasteiger partial charge >= 0.3 is 0 Å². The third kappa shape index (κ3) is 3.57. The molecule has 0 saturated heterocycles. The summed E-state index contributed by atoms with van der Waals surface area (Å²) >= 11 is 0. The highest BCUT2D eigenvalue weighted by Crippen LogP contribution is 2.23. The molecule has 0 saturated carbocycles. The van der Waals surface area contributed by atoms with Crippen LogP contribution in [0.4, 0.5) is 0 Å². The second-order valence-electron chi connectivity index (χ2n) is 6.93. The molecule has 26 heavy (non-hydrogen) atoms. The maximum Gasteiger partial charge on any atom is 0.139 e. The highest BCUT2D eigenvalue weighted by Gasteiger charge is 2.23. The van der Waals surface area contributed by atoms with E-state index in [-0.39, 0.29) is 0 Å². The maximum absolute atomic E-state index is 10.6. The predicted octanol–water partition coefficient (Wildman–Crippen LogP) is 2.15. The summed E-state index contributed by atoms with van der Waals surface area (Å²) in [6.45, 7) is 3.85. The number of benzene rings is 1. The average molecular weight is 351 g/mol. The Morgan fingerprint density at radius 3 is 2.77 bits per heavy atom. The van der Waals surface area contributed by atoms with Gasteiger partial charge in [0.05, 0.1) is 23.6 Å². The minimum atomic E-state index is -0.730. The SMILES string of the molecule is Cn1nccc1[C@H](O)c1cc2n(n1)CCN(CCCc1ccccc1)C2. The topological polar surface area (TPSA) is 59.1 Å². The molecule has 6 heteroatoms. The Morgan fingerprint density at radius 1 is 1.15 bits per heavy atom. The van der Waals surface area contributed by atoms with Crippen molar-refractivity contribution in [2.45, 2.75) is 32.0 Å². The molecule has 3 heterocycles. The van der Waals surface area contributed by atoms with Gasteiger partial charge < -0.3 is 5.11 Å². The monoisotopic (exact) mass is 351 g/mol. The molecule has 1 aliphatic rings. The molecule has 6 nitrogen and oxygen atoms in total. The van der Waals surface area contributed by atoms with Crippen LogP contribution in [0.2, 0.25) is 0 Å². The van der Waals surface area contributed by atoms with Crippen molar-refractivity contribution in [1.82, 2.24) is 24.5 Å². The van der Waals surface area contributed by atoms with E-state index in [1.807, 2.05) is 23.9 Å². The highest BCUT2D eigenvalue weighted by atomic mass is 16.3. The standard InChI is InChI=1S/C20H25N5O/c1-23-19(9-10-21-23)20(26)18-14-17-15-24(12-13-25(17)22-18)11-5-8-16-6-3-2-4-7-16/h2-4,6-7,9-10,14,20,26H,5,8,11-13,15H2,1H3/t20-/m1/s1. The lowest BCUT2D eigenvalue weighted by molar-refractivity contribution is 0.198. The molecule has 0 radical (unpaired) electrons. The Morgan fingerprint density at radius 2 is 2.00 bits per heavy atom. The molecule has 0 aliphatic carbocycles. The van der Waals surface area contributed by atoms with Gasteiger partial charge in [-0.15, -0.1) is 0 Å². The molecule has 4 rings (SSSR count). The number of nitrogens with zero attached hydrogens (tertiary/aromatic N) is 5. The zero-order chi connectivity index (χ0) is 17.9. The molecule has 0 fully saturated rings. The highest BCUT2D eigenvalue weighted by molar-refractivity contribution is 5.22. The van der Waals surface area contributed by atoms with Crippen molar-refractivity contribution in [2.75, 3.05) is 13.1 Å². The molecule has 1 aromatic carbocycles. The lowest BCUT2D eigenvalue weighted by atomic mass is 10.1. The molecule has 1 N–H and O–H groups in total. The molecule has 2 aromatic heterocycles. The second kappa shape index (κ2) is 7.43. The van der Waals surface area contributed by atoms with Crippen molar-refractivity contribution in [3.05, 3.63) is 71.3 Å². The third-order valence-corrected chi connectivity index (χ3v) is 5.10. The molecule has 1 atom stereocenters. The number of aromatic nitrogens is 4. The zero-order valence-corrected chi connectivity index (χ0v) is 15.1. The van der Waals surface area contributed by atoms with E-state index in [0.717, 1.165) is 44.7 Å². The maximum atomic E-state index is 10.6. The second-order valence-corrected chi connectivity index (χ2v) is 6.93. The lowest BCUT2D eigenvalue weighted by Gasteiger charge is -2.27. The van der Waals surface area contributed by atoms with Crippen molar-refractivity contribution >= 4 is 0 Å². The van der Waals surface area contributed by atoms with E-state index in [4.69, 9.17) is 0 Å². The summed E-state index contributed by atoms with van der Waals surface area (Å²) < 4.78 is 3.72. The Labute approximate surface area is 153 Å². The number of hydrogen-bond donors (Lipinski definition) is 1. The van der Waals surface area contributed by atoms with E-state index < -0.39 is 6.10 Å². The summed E-state index contributed by atoms with van der Waals surface area (Å²) in [6, 6.07) is 14.5. The Hall–Kier alpha value is -2.44. The minimum Gasteiger partial charge on any atom is -0.380 e. The third-order valence-electron chi connectivity index (χ3n) is 5.10. The fourth-order valence-electron chi connectivity index (χ4n) is 3.62. The normalized spacial score (nSPS) is 15.8. The van der Waals surface area contributed by atoms with Gasteiger partial charge in [0.15, 0.2) is 0 Å². The summed E-state index contributed by atoms with van der Waals surface area (Å²) in [5, 5.41) is 19.3. The van der Waals surface area contributed by atoms with Crippen LogP contribution in [-0.2, 0) is 26.6 Å². The summed E-state index contributed by atoms with van der Waals surface area (Å²) in [7, 11) is 1.84. The molecular formula is C20H25N5O. The van der Waals surface area contributed by atoms with Crippen LogP contribution in [-0.4, -0.2) is 42.7 Å². The van der Waals surface area contributed by atoms with E-state index in [1.54, 1.807) is 10.9 Å². The molecule has 1 aliphatic heterocycles. The van der Waals surface area contributed by atoms with Gasteiger partial charge in [-0.25, -0.2) is 0 Å². The minimum absolute atomic E-state index is 0.703. The molecule has 0 unspecified atom stereocenters. The molecule has 136 valence electrons. The number of fused-ring (bicyclic) bond motifs is 1. The van der Waals surface area contributed by atoms with E-state index in [9.17, 15) is 5.11 Å². The molecule has 0 amide bonds. The van der Waals surface area contributed by atoms with Crippen LogP contribution < -0.4 is 0 Å². The van der Waals surface area contributed by atoms with Gasteiger partial charge in [-0.05, 0) is 37.1 Å². The average Bonchev–Trinajstić information content (AvgIpc) is 3.28. The lowest BCUT2D eigenvalue weighted by Crippen LogP contribution is -2.34. The van der Waals surface area contributed by atoms with Crippen molar-refractivity contribution in [3.63, 3.8) is 0 Å². The van der Waals surface area contributed by atoms with Crippen molar-refractivity contribution in [2.24, 2.45) is 7.05 Å². The number of hydrogen-bond acceptors (Lipinski definition) is 4. The first-order valence-electron chi connectivity index (χ1n) is 9.19. The van der Waals surface area contributed by atoms with Gasteiger partial charge in [0.25, 0.3) is 0 Å². The van der Waals surface area contributed by atoms with Gasteiger partial charge in [-0.3, -0.25) is 14.3 Å². The smallest absolute Gasteiger partial charge is 0.139 e. The summed E-state index contributed by atoms with van der Waals surface area (Å²) in [4.78, 5) is 2.47. The van der Waals surface area contributed by atoms with Gasteiger partial charge in [0.1, 0.15) is 6.10 Å².